The Bertz CT molecular complexity index is 1020. The summed E-state index contributed by atoms with van der Waals surface area (Å²) in [6, 6.07) is 27.1. The van der Waals surface area contributed by atoms with Gasteiger partial charge in [-0.05, 0) is 36.2 Å². The summed E-state index contributed by atoms with van der Waals surface area (Å²) in [4.78, 5) is 14.5. The molecule has 0 atom stereocenters. The molecule has 150 valence electrons. The predicted molar refractivity (Wildman–Crippen MR) is 115 cm³/mol. The summed E-state index contributed by atoms with van der Waals surface area (Å²) in [5.74, 6) is -0.288. The van der Waals surface area contributed by atoms with Gasteiger partial charge in [0, 0.05) is 19.3 Å². The summed E-state index contributed by atoms with van der Waals surface area (Å²) in [5, 5.41) is 0. The molecule has 0 aliphatic heterocycles. The summed E-state index contributed by atoms with van der Waals surface area (Å²) < 4.78 is 27.7. The van der Waals surface area contributed by atoms with E-state index in [1.54, 1.807) is 37.4 Å². The van der Waals surface area contributed by atoms with Gasteiger partial charge < -0.3 is 4.90 Å². The zero-order valence-corrected chi connectivity index (χ0v) is 17.1. The lowest BCUT2D eigenvalue weighted by Gasteiger charge is -2.25. The topological polar surface area (TPSA) is 57.7 Å². The number of sulfonamides is 1. The Balaban J connectivity index is 1.83. The molecule has 0 aromatic heterocycles. The highest BCUT2D eigenvalue weighted by molar-refractivity contribution is 7.89. The lowest BCUT2D eigenvalue weighted by molar-refractivity contribution is -0.118. The van der Waals surface area contributed by atoms with Crippen LogP contribution in [0.5, 0.6) is 0 Å². The molecule has 0 saturated carbocycles. The van der Waals surface area contributed by atoms with Crippen LogP contribution in [0.3, 0.4) is 0 Å². The van der Waals surface area contributed by atoms with Crippen LogP contribution in [-0.4, -0.2) is 38.8 Å². The Morgan fingerprint density at radius 3 is 1.90 bits per heavy atom. The molecule has 0 bridgehead atoms. The van der Waals surface area contributed by atoms with Crippen LogP contribution in [-0.2, 0) is 21.2 Å². The molecule has 0 unspecified atom stereocenters. The lowest BCUT2D eigenvalue weighted by Crippen LogP contribution is -2.42. The Kier molecular flexibility index (Phi) is 6.80. The standard InChI is InChI=1S/C23H24N2O3S/c1-24(21-13-7-3-8-14-21)23(26)19-25(18-17-20-11-5-2-6-12-20)29(27,28)22-15-9-4-10-16-22/h2-16H,17-19H2,1H3. The molecule has 0 spiro atoms. The van der Waals surface area contributed by atoms with Crippen LogP contribution >= 0.6 is 0 Å². The van der Waals surface area contributed by atoms with Crippen LogP contribution in [0.15, 0.2) is 95.9 Å². The average molecular weight is 409 g/mol. The van der Waals surface area contributed by atoms with E-state index in [0.29, 0.717) is 6.42 Å². The quantitative estimate of drug-likeness (QED) is 0.572. The van der Waals surface area contributed by atoms with Gasteiger partial charge in [-0.1, -0.05) is 66.7 Å². The van der Waals surface area contributed by atoms with E-state index in [2.05, 4.69) is 0 Å². The van der Waals surface area contributed by atoms with Gasteiger partial charge in [0.1, 0.15) is 0 Å². The molecule has 0 fully saturated rings. The second kappa shape index (κ2) is 9.49. The fourth-order valence-corrected chi connectivity index (χ4v) is 4.39. The Morgan fingerprint density at radius 2 is 1.31 bits per heavy atom. The Morgan fingerprint density at radius 1 is 0.793 bits per heavy atom. The fraction of sp³-hybridized carbons (Fsp3) is 0.174. The van der Waals surface area contributed by atoms with Gasteiger partial charge in [-0.15, -0.1) is 0 Å². The predicted octanol–water partition coefficient (Wildman–Crippen LogP) is 3.58. The third-order valence-electron chi connectivity index (χ3n) is 4.70. The summed E-state index contributed by atoms with van der Waals surface area (Å²) in [7, 11) is -2.14. The number of anilines is 1. The normalized spacial score (nSPS) is 11.4. The summed E-state index contributed by atoms with van der Waals surface area (Å²) in [6.07, 6.45) is 0.523. The van der Waals surface area contributed by atoms with E-state index in [9.17, 15) is 13.2 Å². The molecule has 0 radical (unpaired) electrons. The van der Waals surface area contributed by atoms with Crippen molar-refractivity contribution in [2.24, 2.45) is 0 Å². The van der Waals surface area contributed by atoms with Crippen LogP contribution in [0.2, 0.25) is 0 Å². The number of carbonyl (C=O) groups is 1. The minimum Gasteiger partial charge on any atom is -0.314 e. The van der Waals surface area contributed by atoms with Gasteiger partial charge in [0.2, 0.25) is 15.9 Å². The highest BCUT2D eigenvalue weighted by Gasteiger charge is 2.27. The average Bonchev–Trinajstić information content (AvgIpc) is 2.77. The number of para-hydroxylation sites is 1. The van der Waals surface area contributed by atoms with Crippen molar-refractivity contribution in [2.75, 3.05) is 25.0 Å². The third-order valence-corrected chi connectivity index (χ3v) is 6.56. The van der Waals surface area contributed by atoms with Gasteiger partial charge in [0.05, 0.1) is 11.4 Å². The minimum absolute atomic E-state index is 0.184. The van der Waals surface area contributed by atoms with E-state index in [1.807, 2.05) is 60.7 Å². The monoisotopic (exact) mass is 408 g/mol. The maximum atomic E-state index is 13.2. The first-order valence-corrected chi connectivity index (χ1v) is 10.8. The first kappa shape index (κ1) is 20.8. The zero-order valence-electron chi connectivity index (χ0n) is 16.3. The number of hydrogen-bond donors (Lipinski definition) is 0. The molecular formula is C23H24N2O3S. The van der Waals surface area contributed by atoms with E-state index >= 15 is 0 Å². The first-order chi connectivity index (χ1) is 14.0. The molecule has 29 heavy (non-hydrogen) atoms. The van der Waals surface area contributed by atoms with E-state index in [4.69, 9.17) is 0 Å². The molecule has 0 aliphatic carbocycles. The maximum Gasteiger partial charge on any atom is 0.243 e. The zero-order chi connectivity index (χ0) is 20.7. The van der Waals surface area contributed by atoms with Crippen molar-refractivity contribution >= 4 is 21.6 Å². The van der Waals surface area contributed by atoms with Crippen LogP contribution in [0.4, 0.5) is 5.69 Å². The van der Waals surface area contributed by atoms with Gasteiger partial charge >= 0.3 is 0 Å². The number of benzene rings is 3. The van der Waals surface area contributed by atoms with E-state index in [1.165, 1.54) is 9.21 Å². The van der Waals surface area contributed by atoms with Gasteiger partial charge in [-0.2, -0.15) is 4.31 Å². The molecule has 3 aromatic carbocycles. The number of carbonyl (C=O) groups excluding carboxylic acids is 1. The number of rotatable bonds is 8. The fourth-order valence-electron chi connectivity index (χ4n) is 2.98. The van der Waals surface area contributed by atoms with Crippen LogP contribution in [0.25, 0.3) is 0 Å². The molecule has 0 aliphatic rings. The molecule has 3 rings (SSSR count). The van der Waals surface area contributed by atoms with Crippen molar-refractivity contribution < 1.29 is 13.2 Å². The number of likely N-dealkylation sites (N-methyl/N-ethyl adjacent to an activating group) is 1. The Hall–Kier alpha value is -2.96. The second-order valence-electron chi connectivity index (χ2n) is 6.68. The molecule has 0 heterocycles. The van der Waals surface area contributed by atoms with Gasteiger partial charge in [-0.3, -0.25) is 4.79 Å². The molecule has 5 nitrogen and oxygen atoms in total. The third kappa shape index (κ3) is 5.31. The molecule has 0 N–H and O–H groups in total. The molecule has 3 aromatic rings. The van der Waals surface area contributed by atoms with Crippen LogP contribution in [0.1, 0.15) is 5.56 Å². The molecule has 6 heteroatoms. The van der Waals surface area contributed by atoms with Crippen molar-refractivity contribution in [3.63, 3.8) is 0 Å². The maximum absolute atomic E-state index is 13.2. The van der Waals surface area contributed by atoms with Gasteiger partial charge in [0.15, 0.2) is 0 Å². The Labute approximate surface area is 172 Å². The highest BCUT2D eigenvalue weighted by Crippen LogP contribution is 2.18. The largest absolute Gasteiger partial charge is 0.314 e. The minimum atomic E-state index is -3.80. The summed E-state index contributed by atoms with van der Waals surface area (Å²) in [6.45, 7) is -0.00886. The van der Waals surface area contributed by atoms with Crippen molar-refractivity contribution in [1.82, 2.24) is 4.31 Å². The SMILES string of the molecule is CN(C(=O)CN(CCc1ccccc1)S(=O)(=O)c1ccccc1)c1ccccc1. The second-order valence-corrected chi connectivity index (χ2v) is 8.61. The lowest BCUT2D eigenvalue weighted by atomic mass is 10.1. The van der Waals surface area contributed by atoms with E-state index in [-0.39, 0.29) is 23.9 Å². The summed E-state index contributed by atoms with van der Waals surface area (Å²) >= 11 is 0. The van der Waals surface area contributed by atoms with E-state index in [0.717, 1.165) is 11.3 Å². The van der Waals surface area contributed by atoms with Crippen molar-refractivity contribution in [1.29, 1.82) is 0 Å². The van der Waals surface area contributed by atoms with Gasteiger partial charge in [0.25, 0.3) is 0 Å². The first-order valence-electron chi connectivity index (χ1n) is 9.39. The molecule has 1 amide bonds. The van der Waals surface area contributed by atoms with Crippen molar-refractivity contribution in [3.05, 3.63) is 96.6 Å². The van der Waals surface area contributed by atoms with Gasteiger partial charge in [-0.25, -0.2) is 8.42 Å². The van der Waals surface area contributed by atoms with Crippen LogP contribution < -0.4 is 4.90 Å². The van der Waals surface area contributed by atoms with Crippen LogP contribution in [0, 0.1) is 0 Å². The molecule has 0 saturated heterocycles. The number of amides is 1. The number of nitrogens with zero attached hydrogens (tertiary/aromatic N) is 2. The van der Waals surface area contributed by atoms with Crippen molar-refractivity contribution in [2.45, 2.75) is 11.3 Å². The smallest absolute Gasteiger partial charge is 0.243 e. The van der Waals surface area contributed by atoms with E-state index < -0.39 is 10.0 Å². The summed E-state index contributed by atoms with van der Waals surface area (Å²) in [5.41, 5.74) is 1.74. The molecular weight excluding hydrogens is 384 g/mol. The van der Waals surface area contributed by atoms with Crippen molar-refractivity contribution in [3.8, 4) is 0 Å². The highest BCUT2D eigenvalue weighted by atomic mass is 32.2. The number of hydrogen-bond acceptors (Lipinski definition) is 3.